The topological polar surface area (TPSA) is 456 Å². The number of aliphatic carboxylic acids is 1. The Morgan fingerprint density at radius 3 is 0.977 bits per heavy atom. The molecule has 130 heavy (non-hydrogen) atoms. The van der Waals surface area contributed by atoms with Crippen LogP contribution in [-0.4, -0.2) is 227 Å². The van der Waals surface area contributed by atoms with Crippen molar-refractivity contribution in [1.29, 1.82) is 0 Å². The summed E-state index contributed by atoms with van der Waals surface area (Å²) in [5, 5.41) is 42.5. The number of rotatable bonds is 29. The number of nitrogens with one attached hydrogen (secondary N) is 2. The van der Waals surface area contributed by atoms with E-state index in [9.17, 15) is 48.3 Å². The fraction of sp³-hybridized carbons (Fsp3) is 0.484. The molecule has 3 spiro atoms. The largest absolute Gasteiger partial charge is 0.496 e. The molecular weight excluding hydrogens is 1740 g/mol. The molecule has 9 aromatic rings. The average Bonchev–Trinajstić information content (AvgIpc) is 1.43. The van der Waals surface area contributed by atoms with Crippen molar-refractivity contribution in [2.75, 3.05) is 135 Å². The summed E-state index contributed by atoms with van der Waals surface area (Å²) in [6.45, 7) is 9.81. The molecule has 692 valence electrons. The molecule has 6 fully saturated rings. The number of benzene rings is 3. The first-order valence-corrected chi connectivity index (χ1v) is 46.0. The molecule has 6 aromatic heterocycles. The van der Waals surface area contributed by atoms with Gasteiger partial charge < -0.3 is 92.7 Å². The number of hydrogen-bond acceptors (Lipinski definition) is 31. The fourth-order valence-corrected chi connectivity index (χ4v) is 22.5. The van der Waals surface area contributed by atoms with Crippen molar-refractivity contribution in [3.63, 3.8) is 0 Å². The van der Waals surface area contributed by atoms with E-state index in [-0.39, 0.29) is 150 Å². The first kappa shape index (κ1) is 93.9. The Labute approximate surface area is 761 Å². The van der Waals surface area contributed by atoms with Crippen molar-refractivity contribution in [3.05, 3.63) is 160 Å². The molecule has 37 heteroatoms. The van der Waals surface area contributed by atoms with Crippen LogP contribution in [0.25, 0.3) is 32.3 Å². The van der Waals surface area contributed by atoms with Crippen LogP contribution in [0.2, 0.25) is 0 Å². The molecule has 0 unspecified atom stereocenters. The number of amides is 5. The number of carbonyl (C=O) groups is 9. The number of anilines is 3. The van der Waals surface area contributed by atoms with Crippen LogP contribution in [0.5, 0.6) is 17.2 Å². The van der Waals surface area contributed by atoms with Gasteiger partial charge in [-0.1, -0.05) is 54.6 Å². The summed E-state index contributed by atoms with van der Waals surface area (Å²) in [4.78, 5) is 143. The third-order valence-corrected chi connectivity index (χ3v) is 29.5. The Bertz CT molecular complexity index is 5290. The molecular formula is C93H107N9O25S3. The Hall–Kier alpha value is -10.8. The number of nitrogens with zero attached hydrogens (tertiary/aromatic N) is 6. The molecule has 3 saturated carbocycles. The monoisotopic (exact) mass is 1850 g/mol. The number of ketones is 3. The number of aliphatic hydroxyl groups is 3. The number of aromatic nitrogens is 3. The summed E-state index contributed by atoms with van der Waals surface area (Å²) in [5.41, 5.74) is 6.40. The molecule has 9 aliphatic rings. The highest BCUT2D eigenvalue weighted by Gasteiger charge is 2.66. The molecule has 34 nitrogen and oxygen atoms in total. The number of Topliss-reactive ketones (excluding diaryl/α,β-unsaturated/α-hetero) is 3. The van der Waals surface area contributed by atoms with Gasteiger partial charge in [-0.3, -0.25) is 57.9 Å². The summed E-state index contributed by atoms with van der Waals surface area (Å²) in [6.07, 6.45) is 11.8. The van der Waals surface area contributed by atoms with Gasteiger partial charge in [0.1, 0.15) is 85.6 Å². The van der Waals surface area contributed by atoms with Crippen molar-refractivity contribution >= 4 is 102 Å². The molecule has 18 rings (SSSR count). The zero-order chi connectivity index (χ0) is 91.7. The maximum atomic E-state index is 14.5. The predicted molar refractivity (Wildman–Crippen MR) is 475 cm³/mol. The number of thiophene rings is 3. The summed E-state index contributed by atoms with van der Waals surface area (Å²) in [7, 11) is 4.79. The van der Waals surface area contributed by atoms with E-state index in [0.717, 1.165) is 55.2 Å². The van der Waals surface area contributed by atoms with Crippen molar-refractivity contribution in [3.8, 4) is 49.6 Å². The number of ether oxygens (including phenoxy) is 9. The van der Waals surface area contributed by atoms with Crippen LogP contribution in [0.4, 0.5) is 15.0 Å². The molecule has 0 bridgehead atoms. The zero-order valence-electron chi connectivity index (χ0n) is 73.0. The number of oxazole rings is 3. The lowest BCUT2D eigenvalue weighted by molar-refractivity contribution is -0.152. The lowest BCUT2D eigenvalue weighted by atomic mass is 9.56. The number of methoxy groups -OCH3 is 3. The molecule has 5 amide bonds. The number of nitrogens with two attached hydrogens (primary N) is 1. The summed E-state index contributed by atoms with van der Waals surface area (Å²) in [6, 6.07) is 22.7. The second-order valence-corrected chi connectivity index (χ2v) is 36.4. The summed E-state index contributed by atoms with van der Waals surface area (Å²) in [5.74, 6) is -2.21. The van der Waals surface area contributed by atoms with E-state index in [1.54, 1.807) is 48.4 Å². The Morgan fingerprint density at radius 1 is 0.454 bits per heavy atom. The lowest BCUT2D eigenvalue weighted by Crippen LogP contribution is -2.61. The molecule has 3 aliphatic carbocycles. The predicted octanol–water partition coefficient (Wildman–Crippen LogP) is 11.0. The summed E-state index contributed by atoms with van der Waals surface area (Å²) >= 11 is 3.87. The van der Waals surface area contributed by atoms with Crippen LogP contribution < -0.4 is 45.3 Å². The van der Waals surface area contributed by atoms with E-state index < -0.39 is 64.2 Å². The van der Waals surface area contributed by atoms with E-state index in [2.05, 4.69) is 25.6 Å². The number of fused-ring (bicyclic) bond motifs is 3. The highest BCUT2D eigenvalue weighted by atomic mass is 32.1. The van der Waals surface area contributed by atoms with Gasteiger partial charge in [0, 0.05) is 87.8 Å². The molecule has 3 saturated heterocycles. The van der Waals surface area contributed by atoms with E-state index >= 15 is 0 Å². The van der Waals surface area contributed by atoms with Crippen molar-refractivity contribution in [2.24, 2.45) is 39.7 Å². The van der Waals surface area contributed by atoms with Crippen molar-refractivity contribution < 1.29 is 119 Å². The van der Waals surface area contributed by atoms with E-state index in [1.807, 2.05) is 93.6 Å². The minimum absolute atomic E-state index is 0.0281. The number of hydrogen-bond donors (Lipinski definition) is 7. The maximum Gasteiger partial charge on any atom is 0.306 e. The van der Waals surface area contributed by atoms with Gasteiger partial charge in [0.2, 0.25) is 47.2 Å². The Balaban J connectivity index is 0.000000146. The normalized spacial score (nSPS) is 22.6. The van der Waals surface area contributed by atoms with Crippen LogP contribution in [-0.2, 0) is 57.2 Å². The molecule has 8 N–H and O–H groups in total. The van der Waals surface area contributed by atoms with Gasteiger partial charge in [0.25, 0.3) is 0 Å². The quantitative estimate of drug-likeness (QED) is 0.0214. The number of carboxylic acids is 1. The highest BCUT2D eigenvalue weighted by molar-refractivity contribution is 7.21. The number of carboxylic acid groups (broad SMARTS) is 1. The smallest absolute Gasteiger partial charge is 0.306 e. The average molecular weight is 1850 g/mol. The van der Waals surface area contributed by atoms with E-state index in [0.29, 0.717) is 144 Å². The van der Waals surface area contributed by atoms with Gasteiger partial charge in [-0.15, -0.1) is 34.0 Å². The van der Waals surface area contributed by atoms with Crippen LogP contribution in [0.15, 0.2) is 123 Å². The SMILES string of the molecule is COc1ccccc1[C@H](CN1C(=O)C2(CC(C(=O)NCCO)C2)C(=O)c2c1sc(-c1ncco1)c2C)OC1CCOCC1.COc1ccccc1[C@H](CN1C(=O)C2(CC(C(=O)NCCO)C2)C(=O)c2c1sc(-c1ncco1)c2C)OC1CCOCC1.COc1ccccc1[C@H](CN1C(=O)C2(CC(C(=O)O)C2)C(=O)c2c1sc(-c1ncco1)c2C)OC1CCOCC1.NCCO. The zero-order valence-corrected chi connectivity index (χ0v) is 75.5. The van der Waals surface area contributed by atoms with Gasteiger partial charge in [0.05, 0.1) is 135 Å². The van der Waals surface area contributed by atoms with Gasteiger partial charge >= 0.3 is 5.97 Å². The standard InChI is InChI=1S/2C31H35N3O8S.C29H30N2O8S.C2H7NO/c2*1-18-24-26(36)31(15-19(16-31)27(37)32-9-11-35)30(38)34(29(24)43-25(18)28-33-10-14-41-28)17-23(42-20-7-12-40-13-8-20)21-5-3-4-6-22(21)39-2;1-16-22-24(32)29(13-17(14-29)27(33)34)28(35)31(26(22)40-23(16)25-30-9-12-38-25)15-21(39-18-7-10-37-11-8-18)19-5-3-4-6-20(19)36-2;3-1-2-4/h2*3-6,10,14,19-20,23,35H,7-9,11-13,15-17H2,1-2H3,(H,32,37);3-6,9,12,17-18,21H,7-8,10-11,13-15H2,1-2H3,(H,33,34);4H,1-3H2/t2*19?,23-,31?;17?,21-,29?;/m000./s1. The van der Waals surface area contributed by atoms with E-state index in [1.165, 1.54) is 59.0 Å². The maximum absolute atomic E-state index is 14.5. The van der Waals surface area contributed by atoms with Crippen LogP contribution in [0.1, 0.15) is 160 Å². The van der Waals surface area contributed by atoms with Crippen LogP contribution in [0.3, 0.4) is 0 Å². The highest BCUT2D eigenvalue weighted by Crippen LogP contribution is 2.61. The van der Waals surface area contributed by atoms with Crippen molar-refractivity contribution in [1.82, 2.24) is 25.6 Å². The Kier molecular flexibility index (Phi) is 29.9. The molecule has 3 aromatic carbocycles. The molecule has 12 heterocycles. The van der Waals surface area contributed by atoms with E-state index in [4.69, 9.17) is 76.9 Å². The van der Waals surface area contributed by atoms with Crippen molar-refractivity contribution in [2.45, 2.75) is 134 Å². The van der Waals surface area contributed by atoms with Gasteiger partial charge in [0.15, 0.2) is 17.3 Å². The van der Waals surface area contributed by atoms with Crippen LogP contribution in [0, 0.1) is 54.8 Å². The fourth-order valence-electron chi connectivity index (χ4n) is 18.7. The first-order valence-electron chi connectivity index (χ1n) is 43.6. The minimum atomic E-state index is -1.42. The number of para-hydroxylation sites is 3. The van der Waals surface area contributed by atoms with Gasteiger partial charge in [-0.2, -0.15) is 0 Å². The third-order valence-electron chi connectivity index (χ3n) is 25.6. The van der Waals surface area contributed by atoms with Gasteiger partial charge in [-0.05, 0) is 133 Å². The lowest BCUT2D eigenvalue weighted by Gasteiger charge is -2.49. The van der Waals surface area contributed by atoms with Crippen LogP contribution >= 0.6 is 34.0 Å². The molecule has 6 aliphatic heterocycles. The Morgan fingerprint density at radius 2 is 0.731 bits per heavy atom. The summed E-state index contributed by atoms with van der Waals surface area (Å²) < 4.78 is 70.4. The third kappa shape index (κ3) is 18.5. The minimum Gasteiger partial charge on any atom is -0.496 e. The molecule has 0 radical (unpaired) electrons. The first-order chi connectivity index (χ1) is 63.0. The molecule has 3 atom stereocenters. The second kappa shape index (κ2) is 41.3. The number of aliphatic hydroxyl groups excluding tert-OH is 3. The second-order valence-electron chi connectivity index (χ2n) is 33.4. The number of carbonyl (C=O) groups excluding carboxylic acids is 8. The van der Waals surface area contributed by atoms with Gasteiger partial charge in [-0.25, -0.2) is 15.0 Å².